The summed E-state index contributed by atoms with van der Waals surface area (Å²) in [6.45, 7) is 4.92. The molecule has 6 nitrogen and oxygen atoms in total. The summed E-state index contributed by atoms with van der Waals surface area (Å²) in [5.41, 5.74) is 0. The Bertz CT molecular complexity index is 425. The number of carboxylic acid groups (broad SMARTS) is 1. The highest BCUT2D eigenvalue weighted by Crippen LogP contribution is 2.19. The maximum Gasteiger partial charge on any atom is 0.303 e. The average Bonchev–Trinajstić information content (AvgIpc) is 2.42. The monoisotopic (exact) mass is 320 g/mol. The Balaban J connectivity index is 2.40. The Morgan fingerprint density at radius 1 is 1.38 bits per heavy atom. The fourth-order valence-corrected chi connectivity index (χ4v) is 4.27. The first-order chi connectivity index (χ1) is 9.86. The number of rotatable bonds is 9. The number of carbonyl (C=O) groups is 1. The lowest BCUT2D eigenvalue weighted by Crippen LogP contribution is -2.48. The van der Waals surface area contributed by atoms with E-state index in [4.69, 9.17) is 5.11 Å². The zero-order chi connectivity index (χ0) is 15.9. The SMILES string of the molecule is CCC(CCNS(=O)(=O)N1CCCCC1C)CCC(=O)O. The van der Waals surface area contributed by atoms with Gasteiger partial charge in [0.2, 0.25) is 0 Å². The largest absolute Gasteiger partial charge is 0.481 e. The summed E-state index contributed by atoms with van der Waals surface area (Å²) in [5, 5.41) is 8.69. The summed E-state index contributed by atoms with van der Waals surface area (Å²) < 4.78 is 28.7. The van der Waals surface area contributed by atoms with Crippen LogP contribution in [-0.4, -0.2) is 42.9 Å². The minimum absolute atomic E-state index is 0.0604. The third kappa shape index (κ3) is 6.32. The molecule has 124 valence electrons. The number of nitrogens with one attached hydrogen (secondary N) is 1. The molecule has 1 aliphatic heterocycles. The van der Waals surface area contributed by atoms with Gasteiger partial charge in [-0.1, -0.05) is 19.8 Å². The standard InChI is InChI=1S/C14H28N2O4S/c1-3-13(7-8-14(17)18)9-10-15-21(19,20)16-11-5-4-6-12(16)2/h12-13,15H,3-11H2,1-2H3,(H,17,18). The minimum Gasteiger partial charge on any atom is -0.481 e. The van der Waals surface area contributed by atoms with Crippen molar-refractivity contribution < 1.29 is 18.3 Å². The van der Waals surface area contributed by atoms with Crippen molar-refractivity contribution in [2.75, 3.05) is 13.1 Å². The number of hydrogen-bond donors (Lipinski definition) is 2. The molecule has 1 rings (SSSR count). The maximum absolute atomic E-state index is 12.3. The average molecular weight is 320 g/mol. The van der Waals surface area contributed by atoms with Crippen LogP contribution in [0.5, 0.6) is 0 Å². The van der Waals surface area contributed by atoms with E-state index in [1.807, 2.05) is 13.8 Å². The lowest BCUT2D eigenvalue weighted by molar-refractivity contribution is -0.137. The van der Waals surface area contributed by atoms with Crippen LogP contribution in [0, 0.1) is 5.92 Å². The van der Waals surface area contributed by atoms with Gasteiger partial charge in [0.25, 0.3) is 10.2 Å². The Hall–Kier alpha value is -0.660. The van der Waals surface area contributed by atoms with Gasteiger partial charge in [-0.15, -0.1) is 0 Å². The molecule has 1 aliphatic rings. The highest BCUT2D eigenvalue weighted by Gasteiger charge is 2.29. The van der Waals surface area contributed by atoms with Crippen molar-refractivity contribution in [3.05, 3.63) is 0 Å². The molecule has 0 radical (unpaired) electrons. The van der Waals surface area contributed by atoms with Crippen LogP contribution in [0.3, 0.4) is 0 Å². The summed E-state index contributed by atoms with van der Waals surface area (Å²) in [7, 11) is -3.40. The lowest BCUT2D eigenvalue weighted by Gasteiger charge is -2.32. The van der Waals surface area contributed by atoms with Crippen LogP contribution in [-0.2, 0) is 15.0 Å². The number of carboxylic acids is 1. The van der Waals surface area contributed by atoms with E-state index >= 15 is 0 Å². The molecule has 0 spiro atoms. The molecule has 0 amide bonds. The second-order valence-electron chi connectivity index (χ2n) is 5.85. The van der Waals surface area contributed by atoms with Crippen LogP contribution in [0.2, 0.25) is 0 Å². The van der Waals surface area contributed by atoms with E-state index < -0.39 is 16.2 Å². The van der Waals surface area contributed by atoms with Gasteiger partial charge in [0.15, 0.2) is 0 Å². The zero-order valence-electron chi connectivity index (χ0n) is 13.0. The molecule has 21 heavy (non-hydrogen) atoms. The molecular formula is C14H28N2O4S. The predicted octanol–water partition coefficient (Wildman–Crippen LogP) is 1.98. The number of nitrogens with zero attached hydrogens (tertiary/aromatic N) is 1. The van der Waals surface area contributed by atoms with Crippen LogP contribution in [0.4, 0.5) is 0 Å². The number of piperidine rings is 1. The summed E-state index contributed by atoms with van der Waals surface area (Å²) in [5.74, 6) is -0.543. The van der Waals surface area contributed by atoms with E-state index in [1.165, 1.54) is 0 Å². The van der Waals surface area contributed by atoms with Gasteiger partial charge in [0.1, 0.15) is 0 Å². The molecule has 0 aromatic carbocycles. The van der Waals surface area contributed by atoms with Gasteiger partial charge < -0.3 is 5.11 Å². The summed E-state index contributed by atoms with van der Waals surface area (Å²) >= 11 is 0. The van der Waals surface area contributed by atoms with Crippen molar-refractivity contribution in [2.24, 2.45) is 5.92 Å². The first-order valence-corrected chi connectivity index (χ1v) is 9.29. The Kier molecular flexibility index (Phi) is 7.62. The topological polar surface area (TPSA) is 86.7 Å². The van der Waals surface area contributed by atoms with E-state index in [0.717, 1.165) is 25.7 Å². The molecule has 2 unspecified atom stereocenters. The van der Waals surface area contributed by atoms with Crippen LogP contribution in [0.25, 0.3) is 0 Å². The summed E-state index contributed by atoms with van der Waals surface area (Å²) in [4.78, 5) is 10.6. The summed E-state index contributed by atoms with van der Waals surface area (Å²) in [6.07, 6.45) is 5.22. The molecule has 0 aromatic heterocycles. The second kappa shape index (κ2) is 8.70. The Morgan fingerprint density at radius 3 is 2.67 bits per heavy atom. The predicted molar refractivity (Wildman–Crippen MR) is 82.2 cm³/mol. The first kappa shape index (κ1) is 18.4. The van der Waals surface area contributed by atoms with E-state index in [2.05, 4.69) is 4.72 Å². The maximum atomic E-state index is 12.3. The van der Waals surface area contributed by atoms with Gasteiger partial charge in [0, 0.05) is 25.6 Å². The van der Waals surface area contributed by atoms with Crippen molar-refractivity contribution in [3.63, 3.8) is 0 Å². The molecule has 0 aliphatic carbocycles. The van der Waals surface area contributed by atoms with Gasteiger partial charge in [-0.2, -0.15) is 12.7 Å². The molecule has 0 saturated carbocycles. The van der Waals surface area contributed by atoms with Crippen molar-refractivity contribution in [3.8, 4) is 0 Å². The molecule has 2 atom stereocenters. The number of hydrogen-bond acceptors (Lipinski definition) is 3. The summed E-state index contributed by atoms with van der Waals surface area (Å²) in [6, 6.07) is 0.0604. The highest BCUT2D eigenvalue weighted by atomic mass is 32.2. The normalized spacial score (nSPS) is 22.1. The molecular weight excluding hydrogens is 292 g/mol. The molecule has 0 bridgehead atoms. The molecule has 0 aromatic rings. The smallest absolute Gasteiger partial charge is 0.303 e. The second-order valence-corrected chi connectivity index (χ2v) is 7.56. The van der Waals surface area contributed by atoms with Crippen LogP contribution in [0.15, 0.2) is 0 Å². The van der Waals surface area contributed by atoms with Gasteiger partial charge >= 0.3 is 5.97 Å². The fourth-order valence-electron chi connectivity index (χ4n) is 2.78. The van der Waals surface area contributed by atoms with Crippen molar-refractivity contribution in [1.29, 1.82) is 0 Å². The van der Waals surface area contributed by atoms with E-state index in [0.29, 0.717) is 25.9 Å². The molecule has 1 fully saturated rings. The minimum atomic E-state index is -3.40. The number of aliphatic carboxylic acids is 1. The zero-order valence-corrected chi connectivity index (χ0v) is 13.9. The first-order valence-electron chi connectivity index (χ1n) is 7.85. The van der Waals surface area contributed by atoms with E-state index in [9.17, 15) is 13.2 Å². The van der Waals surface area contributed by atoms with Crippen LogP contribution >= 0.6 is 0 Å². The van der Waals surface area contributed by atoms with Gasteiger partial charge in [-0.05, 0) is 38.5 Å². The fraction of sp³-hybridized carbons (Fsp3) is 0.929. The van der Waals surface area contributed by atoms with E-state index in [1.54, 1.807) is 4.31 Å². The molecule has 2 N–H and O–H groups in total. The molecule has 1 saturated heterocycles. The molecule has 1 heterocycles. The highest BCUT2D eigenvalue weighted by molar-refractivity contribution is 7.87. The quantitative estimate of drug-likeness (QED) is 0.680. The Morgan fingerprint density at radius 2 is 2.10 bits per heavy atom. The van der Waals surface area contributed by atoms with E-state index in [-0.39, 0.29) is 18.4 Å². The van der Waals surface area contributed by atoms with Gasteiger partial charge in [0.05, 0.1) is 0 Å². The van der Waals surface area contributed by atoms with Crippen molar-refractivity contribution >= 4 is 16.2 Å². The lowest BCUT2D eigenvalue weighted by atomic mass is 9.97. The van der Waals surface area contributed by atoms with Crippen molar-refractivity contribution in [1.82, 2.24) is 9.03 Å². The van der Waals surface area contributed by atoms with Crippen LogP contribution in [0.1, 0.15) is 58.8 Å². The van der Waals surface area contributed by atoms with Crippen LogP contribution < -0.4 is 4.72 Å². The Labute approximate surface area is 128 Å². The molecule has 7 heteroatoms. The van der Waals surface area contributed by atoms with Crippen molar-refractivity contribution in [2.45, 2.75) is 64.8 Å². The van der Waals surface area contributed by atoms with Gasteiger partial charge in [-0.25, -0.2) is 4.72 Å². The third-order valence-electron chi connectivity index (χ3n) is 4.23. The van der Waals surface area contributed by atoms with Gasteiger partial charge in [-0.3, -0.25) is 4.79 Å². The third-order valence-corrected chi connectivity index (χ3v) is 5.96.